The van der Waals surface area contributed by atoms with Crippen molar-refractivity contribution in [2.45, 2.75) is 20.3 Å². The van der Waals surface area contributed by atoms with Gasteiger partial charge in [0.05, 0.1) is 23.0 Å². The molecule has 0 atom stereocenters. The quantitative estimate of drug-likeness (QED) is 0.782. The second-order valence-electron chi connectivity index (χ2n) is 5.01. The maximum Gasteiger partial charge on any atom is 0.307 e. The number of para-hydroxylation sites is 2. The predicted molar refractivity (Wildman–Crippen MR) is 78.2 cm³/mol. The van der Waals surface area contributed by atoms with Crippen LogP contribution in [0.15, 0.2) is 24.3 Å². The highest BCUT2D eigenvalue weighted by Gasteiger charge is 2.19. The second-order valence-corrected chi connectivity index (χ2v) is 5.01. The Kier molecular flexibility index (Phi) is 2.88. The van der Waals surface area contributed by atoms with E-state index in [-0.39, 0.29) is 6.42 Å². The predicted octanol–water partition coefficient (Wildman–Crippen LogP) is 2.60. The summed E-state index contributed by atoms with van der Waals surface area (Å²) in [5.41, 5.74) is 4.89. The third-order valence-electron chi connectivity index (χ3n) is 3.82. The van der Waals surface area contributed by atoms with Crippen molar-refractivity contribution in [2.24, 2.45) is 0 Å². The highest BCUT2D eigenvalue weighted by molar-refractivity contribution is 5.84. The highest BCUT2D eigenvalue weighted by atomic mass is 16.4. The fraction of sp³-hybridized carbons (Fsp3) is 0.188. The molecule has 0 radical (unpaired) electrons. The van der Waals surface area contributed by atoms with E-state index in [1.165, 1.54) is 0 Å². The fourth-order valence-corrected chi connectivity index (χ4v) is 2.80. The smallest absolute Gasteiger partial charge is 0.307 e. The number of fused-ring (bicyclic) bond motifs is 3. The van der Waals surface area contributed by atoms with Crippen LogP contribution in [-0.2, 0) is 11.2 Å². The number of hydrogen-bond donors (Lipinski definition) is 1. The van der Waals surface area contributed by atoms with Crippen molar-refractivity contribution in [3.63, 3.8) is 0 Å². The number of aromatic nitrogens is 2. The molecule has 1 aromatic carbocycles. The Hall–Kier alpha value is -2.87. The molecule has 1 N–H and O–H groups in total. The van der Waals surface area contributed by atoms with Crippen molar-refractivity contribution in [3.8, 4) is 6.07 Å². The summed E-state index contributed by atoms with van der Waals surface area (Å²) in [6.07, 6.45) is -0.102. The summed E-state index contributed by atoms with van der Waals surface area (Å²) < 4.78 is 1.87. The third kappa shape index (κ3) is 1.84. The molecule has 0 aliphatic rings. The molecule has 0 bridgehead atoms. The Bertz CT molecular complexity index is 932. The molecule has 0 aliphatic heterocycles. The van der Waals surface area contributed by atoms with E-state index in [1.807, 2.05) is 35.6 Å². The van der Waals surface area contributed by atoms with E-state index in [0.717, 1.165) is 16.7 Å². The van der Waals surface area contributed by atoms with Crippen LogP contribution in [0.3, 0.4) is 0 Å². The van der Waals surface area contributed by atoms with Crippen molar-refractivity contribution in [1.29, 1.82) is 5.26 Å². The number of pyridine rings is 1. The molecule has 3 aromatic rings. The van der Waals surface area contributed by atoms with Crippen molar-refractivity contribution >= 4 is 22.6 Å². The van der Waals surface area contributed by atoms with Crippen LogP contribution in [0.1, 0.15) is 22.4 Å². The molecule has 0 amide bonds. The molecular weight excluding hydrogens is 266 g/mol. The number of carboxylic acid groups (broad SMARTS) is 1. The van der Waals surface area contributed by atoms with Gasteiger partial charge in [-0.05, 0) is 37.1 Å². The maximum atomic E-state index is 11.1. The molecule has 21 heavy (non-hydrogen) atoms. The van der Waals surface area contributed by atoms with E-state index < -0.39 is 5.97 Å². The van der Waals surface area contributed by atoms with Crippen molar-refractivity contribution in [1.82, 2.24) is 9.38 Å². The van der Waals surface area contributed by atoms with E-state index in [2.05, 4.69) is 11.1 Å². The average Bonchev–Trinajstić information content (AvgIpc) is 2.83. The van der Waals surface area contributed by atoms with Crippen LogP contribution < -0.4 is 0 Å². The number of rotatable bonds is 2. The molecule has 0 saturated heterocycles. The molecule has 2 heterocycles. The standard InChI is InChI=1S/C16H13N3O2/c1-9-11(7-15(20)21)10(2)19-14-6-4-3-5-13(14)18-16(19)12(9)8-17/h3-6H,7H2,1-2H3,(H,20,21). The zero-order chi connectivity index (χ0) is 15.1. The van der Waals surface area contributed by atoms with Crippen LogP contribution in [-0.4, -0.2) is 20.5 Å². The van der Waals surface area contributed by atoms with Gasteiger partial charge in [0.15, 0.2) is 5.65 Å². The van der Waals surface area contributed by atoms with E-state index in [0.29, 0.717) is 22.3 Å². The zero-order valence-electron chi connectivity index (χ0n) is 11.7. The molecule has 3 rings (SSSR count). The average molecular weight is 279 g/mol. The number of carboxylic acids is 1. The number of aliphatic carboxylic acids is 1. The molecule has 0 aliphatic carbocycles. The van der Waals surface area contributed by atoms with Gasteiger partial charge in [-0.25, -0.2) is 4.98 Å². The Labute approximate surface area is 121 Å². The molecule has 104 valence electrons. The van der Waals surface area contributed by atoms with Gasteiger partial charge in [-0.1, -0.05) is 12.1 Å². The van der Waals surface area contributed by atoms with E-state index in [9.17, 15) is 10.1 Å². The molecule has 0 saturated carbocycles. The molecule has 5 nitrogen and oxygen atoms in total. The number of carbonyl (C=O) groups is 1. The van der Waals surface area contributed by atoms with Gasteiger partial charge in [-0.15, -0.1) is 0 Å². The molecule has 0 unspecified atom stereocenters. The Balaban J connectivity index is 2.53. The lowest BCUT2D eigenvalue weighted by atomic mass is 10.00. The molecular formula is C16H13N3O2. The topological polar surface area (TPSA) is 78.4 Å². The lowest BCUT2D eigenvalue weighted by Crippen LogP contribution is -2.10. The molecule has 5 heteroatoms. The van der Waals surface area contributed by atoms with Crippen LogP contribution in [0.4, 0.5) is 0 Å². The molecule has 0 spiro atoms. The van der Waals surface area contributed by atoms with Gasteiger partial charge in [-0.3, -0.25) is 9.20 Å². The van der Waals surface area contributed by atoms with Crippen molar-refractivity contribution in [2.75, 3.05) is 0 Å². The first-order chi connectivity index (χ1) is 10.0. The summed E-state index contributed by atoms with van der Waals surface area (Å²) in [6, 6.07) is 9.76. The normalized spacial score (nSPS) is 10.9. The monoisotopic (exact) mass is 279 g/mol. The van der Waals surface area contributed by atoms with Gasteiger partial charge in [-0.2, -0.15) is 5.26 Å². The number of nitrogens with zero attached hydrogens (tertiary/aromatic N) is 3. The minimum Gasteiger partial charge on any atom is -0.481 e. The Morgan fingerprint density at radius 1 is 1.38 bits per heavy atom. The second kappa shape index (κ2) is 4.60. The summed E-state index contributed by atoms with van der Waals surface area (Å²) in [4.78, 5) is 15.6. The van der Waals surface area contributed by atoms with Crippen LogP contribution in [0.25, 0.3) is 16.7 Å². The van der Waals surface area contributed by atoms with Gasteiger partial charge in [0, 0.05) is 5.69 Å². The molecule has 2 aromatic heterocycles. The van der Waals surface area contributed by atoms with Gasteiger partial charge in [0.2, 0.25) is 0 Å². The van der Waals surface area contributed by atoms with Crippen molar-refractivity contribution in [3.05, 3.63) is 46.6 Å². The number of aryl methyl sites for hydroxylation is 1. The van der Waals surface area contributed by atoms with Crippen molar-refractivity contribution < 1.29 is 9.90 Å². The minimum absolute atomic E-state index is 0.102. The van der Waals surface area contributed by atoms with Crippen LogP contribution in [0, 0.1) is 25.2 Å². The van der Waals surface area contributed by atoms with Gasteiger partial charge in [0.25, 0.3) is 0 Å². The number of imidazole rings is 1. The lowest BCUT2D eigenvalue weighted by molar-refractivity contribution is -0.136. The number of hydrogen-bond acceptors (Lipinski definition) is 3. The first-order valence-electron chi connectivity index (χ1n) is 6.55. The largest absolute Gasteiger partial charge is 0.481 e. The molecule has 0 fully saturated rings. The third-order valence-corrected chi connectivity index (χ3v) is 3.82. The van der Waals surface area contributed by atoms with Crippen LogP contribution >= 0.6 is 0 Å². The summed E-state index contributed by atoms with van der Waals surface area (Å²) >= 11 is 0. The first-order valence-corrected chi connectivity index (χ1v) is 6.55. The number of nitriles is 1. The van der Waals surface area contributed by atoms with Gasteiger partial charge in [0.1, 0.15) is 6.07 Å². The van der Waals surface area contributed by atoms with Crippen LogP contribution in [0.5, 0.6) is 0 Å². The SMILES string of the molecule is Cc1c(CC(=O)O)c(C)n2c(nc3ccccc32)c1C#N. The van der Waals surface area contributed by atoms with Gasteiger partial charge < -0.3 is 5.11 Å². The zero-order valence-corrected chi connectivity index (χ0v) is 11.7. The minimum atomic E-state index is -0.908. The summed E-state index contributed by atoms with van der Waals surface area (Å²) in [5.74, 6) is -0.908. The first kappa shape index (κ1) is 13.1. The fourth-order valence-electron chi connectivity index (χ4n) is 2.80. The summed E-state index contributed by atoms with van der Waals surface area (Å²) in [6.45, 7) is 3.65. The Morgan fingerprint density at radius 3 is 2.76 bits per heavy atom. The highest BCUT2D eigenvalue weighted by Crippen LogP contribution is 2.27. The van der Waals surface area contributed by atoms with E-state index >= 15 is 0 Å². The number of benzene rings is 1. The Morgan fingerprint density at radius 2 is 2.10 bits per heavy atom. The lowest BCUT2D eigenvalue weighted by Gasteiger charge is -2.13. The van der Waals surface area contributed by atoms with E-state index in [4.69, 9.17) is 5.11 Å². The van der Waals surface area contributed by atoms with Gasteiger partial charge >= 0.3 is 5.97 Å². The maximum absolute atomic E-state index is 11.1. The van der Waals surface area contributed by atoms with E-state index in [1.54, 1.807) is 6.92 Å². The summed E-state index contributed by atoms with van der Waals surface area (Å²) in [7, 11) is 0. The summed E-state index contributed by atoms with van der Waals surface area (Å²) in [5, 5.41) is 18.5. The van der Waals surface area contributed by atoms with Crippen LogP contribution in [0.2, 0.25) is 0 Å².